The summed E-state index contributed by atoms with van der Waals surface area (Å²) in [6.07, 6.45) is 11.3. The Balaban J connectivity index is 2.45. The second-order valence-corrected chi connectivity index (χ2v) is 3.08. The normalized spacial score (nSPS) is 19.6. The van der Waals surface area contributed by atoms with E-state index < -0.39 is 0 Å². The van der Waals surface area contributed by atoms with Gasteiger partial charge in [0, 0.05) is 6.04 Å². The Morgan fingerprint density at radius 3 is 2.91 bits per heavy atom. The predicted molar refractivity (Wildman–Crippen MR) is 49.3 cm³/mol. The molecule has 0 saturated carbocycles. The van der Waals surface area contributed by atoms with Crippen LogP contribution in [0.5, 0.6) is 0 Å². The Bertz CT molecular complexity index is 168. The number of hydrogen-bond donors (Lipinski definition) is 1. The molecule has 2 N–H and O–H groups in total. The summed E-state index contributed by atoms with van der Waals surface area (Å²) in [6, 6.07) is 0.275. The zero-order valence-electron chi connectivity index (χ0n) is 7.22. The summed E-state index contributed by atoms with van der Waals surface area (Å²) in [5.41, 5.74) is 7.27. The Hall–Kier alpha value is -0.560. The number of nitrogens with two attached hydrogens (primary N) is 1. The SMILES string of the molecule is CCCC(N)C1=CCCC=C1. The van der Waals surface area contributed by atoms with E-state index in [1.54, 1.807) is 0 Å². The van der Waals surface area contributed by atoms with E-state index in [2.05, 4.69) is 25.2 Å². The van der Waals surface area contributed by atoms with Crippen molar-refractivity contribution in [3.8, 4) is 0 Å². The van der Waals surface area contributed by atoms with Gasteiger partial charge >= 0.3 is 0 Å². The minimum atomic E-state index is 0.275. The third-order valence-corrected chi connectivity index (χ3v) is 2.05. The Morgan fingerprint density at radius 2 is 2.36 bits per heavy atom. The van der Waals surface area contributed by atoms with Crippen molar-refractivity contribution in [1.29, 1.82) is 0 Å². The van der Waals surface area contributed by atoms with Gasteiger partial charge in [-0.3, -0.25) is 0 Å². The molecule has 62 valence electrons. The highest BCUT2D eigenvalue weighted by Crippen LogP contribution is 2.14. The summed E-state index contributed by atoms with van der Waals surface area (Å²) in [5, 5.41) is 0. The molecule has 1 rings (SSSR count). The highest BCUT2D eigenvalue weighted by atomic mass is 14.6. The van der Waals surface area contributed by atoms with Gasteiger partial charge in [0.25, 0.3) is 0 Å². The van der Waals surface area contributed by atoms with E-state index in [0.717, 1.165) is 6.42 Å². The van der Waals surface area contributed by atoms with Crippen LogP contribution in [0.4, 0.5) is 0 Å². The summed E-state index contributed by atoms with van der Waals surface area (Å²) in [6.45, 7) is 2.17. The number of rotatable bonds is 3. The van der Waals surface area contributed by atoms with Crippen molar-refractivity contribution < 1.29 is 0 Å². The lowest BCUT2D eigenvalue weighted by atomic mass is 9.98. The standard InChI is InChI=1S/C10H17N/c1-2-6-10(11)9-7-4-3-5-8-9/h4,7-8,10H,2-3,5-6,11H2,1H3. The van der Waals surface area contributed by atoms with E-state index in [9.17, 15) is 0 Å². The molecule has 0 aromatic carbocycles. The van der Waals surface area contributed by atoms with Crippen LogP contribution in [0.15, 0.2) is 23.8 Å². The van der Waals surface area contributed by atoms with E-state index in [1.165, 1.54) is 24.8 Å². The van der Waals surface area contributed by atoms with Gasteiger partial charge in [-0.1, -0.05) is 31.6 Å². The lowest BCUT2D eigenvalue weighted by Crippen LogP contribution is -2.21. The van der Waals surface area contributed by atoms with Gasteiger partial charge in [-0.05, 0) is 24.8 Å². The molecule has 1 unspecified atom stereocenters. The number of allylic oxidation sites excluding steroid dienone is 2. The predicted octanol–water partition coefficient (Wildman–Crippen LogP) is 2.39. The van der Waals surface area contributed by atoms with Gasteiger partial charge in [-0.25, -0.2) is 0 Å². The molecule has 0 amide bonds. The van der Waals surface area contributed by atoms with Gasteiger partial charge in [-0.2, -0.15) is 0 Å². The van der Waals surface area contributed by atoms with E-state index in [-0.39, 0.29) is 6.04 Å². The molecular weight excluding hydrogens is 134 g/mol. The Morgan fingerprint density at radius 1 is 1.55 bits per heavy atom. The van der Waals surface area contributed by atoms with Crippen LogP contribution in [0.2, 0.25) is 0 Å². The molecule has 0 aliphatic heterocycles. The lowest BCUT2D eigenvalue weighted by molar-refractivity contribution is 0.678. The summed E-state index contributed by atoms with van der Waals surface area (Å²) < 4.78 is 0. The molecule has 0 aromatic heterocycles. The maximum absolute atomic E-state index is 5.94. The summed E-state index contributed by atoms with van der Waals surface area (Å²) in [5.74, 6) is 0. The molecule has 1 aliphatic carbocycles. The largest absolute Gasteiger partial charge is 0.324 e. The second-order valence-electron chi connectivity index (χ2n) is 3.08. The van der Waals surface area contributed by atoms with Crippen molar-refractivity contribution in [3.05, 3.63) is 23.8 Å². The first-order chi connectivity index (χ1) is 5.34. The molecule has 1 nitrogen and oxygen atoms in total. The minimum absolute atomic E-state index is 0.275. The fourth-order valence-corrected chi connectivity index (χ4v) is 1.39. The topological polar surface area (TPSA) is 26.0 Å². The molecule has 1 atom stereocenters. The first kappa shape index (κ1) is 8.54. The van der Waals surface area contributed by atoms with Crippen molar-refractivity contribution >= 4 is 0 Å². The van der Waals surface area contributed by atoms with Crippen molar-refractivity contribution in [1.82, 2.24) is 0 Å². The van der Waals surface area contributed by atoms with Gasteiger partial charge in [0.2, 0.25) is 0 Å². The molecule has 1 aliphatic rings. The van der Waals surface area contributed by atoms with E-state index >= 15 is 0 Å². The summed E-state index contributed by atoms with van der Waals surface area (Å²) >= 11 is 0. The van der Waals surface area contributed by atoms with Gasteiger partial charge in [0.1, 0.15) is 0 Å². The van der Waals surface area contributed by atoms with Crippen LogP contribution in [0.1, 0.15) is 32.6 Å². The average Bonchev–Trinajstić information content (AvgIpc) is 2.07. The van der Waals surface area contributed by atoms with E-state index in [4.69, 9.17) is 5.73 Å². The quantitative estimate of drug-likeness (QED) is 0.658. The van der Waals surface area contributed by atoms with Crippen LogP contribution in [0.25, 0.3) is 0 Å². The van der Waals surface area contributed by atoms with Crippen LogP contribution >= 0.6 is 0 Å². The van der Waals surface area contributed by atoms with E-state index in [1.807, 2.05) is 0 Å². The van der Waals surface area contributed by atoms with Crippen LogP contribution in [0.3, 0.4) is 0 Å². The maximum Gasteiger partial charge on any atom is 0.0291 e. The molecule has 0 fully saturated rings. The van der Waals surface area contributed by atoms with Crippen molar-refractivity contribution in [2.24, 2.45) is 5.73 Å². The van der Waals surface area contributed by atoms with E-state index in [0.29, 0.717) is 0 Å². The van der Waals surface area contributed by atoms with Gasteiger partial charge in [0.05, 0.1) is 0 Å². The zero-order valence-corrected chi connectivity index (χ0v) is 7.22. The average molecular weight is 151 g/mol. The van der Waals surface area contributed by atoms with Gasteiger partial charge in [-0.15, -0.1) is 0 Å². The summed E-state index contributed by atoms with van der Waals surface area (Å²) in [7, 11) is 0. The molecule has 1 heteroatoms. The van der Waals surface area contributed by atoms with Crippen molar-refractivity contribution in [2.75, 3.05) is 0 Å². The summed E-state index contributed by atoms with van der Waals surface area (Å²) in [4.78, 5) is 0. The second kappa shape index (κ2) is 4.35. The Kier molecular flexibility index (Phi) is 3.37. The van der Waals surface area contributed by atoms with Gasteiger partial charge in [0.15, 0.2) is 0 Å². The first-order valence-electron chi connectivity index (χ1n) is 4.46. The smallest absolute Gasteiger partial charge is 0.0291 e. The maximum atomic E-state index is 5.94. The van der Waals surface area contributed by atoms with Crippen molar-refractivity contribution in [2.45, 2.75) is 38.6 Å². The van der Waals surface area contributed by atoms with Crippen LogP contribution < -0.4 is 5.73 Å². The highest BCUT2D eigenvalue weighted by Gasteiger charge is 2.05. The molecule has 11 heavy (non-hydrogen) atoms. The fraction of sp³-hybridized carbons (Fsp3) is 0.600. The fourth-order valence-electron chi connectivity index (χ4n) is 1.39. The molecule has 0 aromatic rings. The zero-order chi connectivity index (χ0) is 8.10. The van der Waals surface area contributed by atoms with Crippen LogP contribution in [0, 0.1) is 0 Å². The number of hydrogen-bond acceptors (Lipinski definition) is 1. The van der Waals surface area contributed by atoms with Crippen molar-refractivity contribution in [3.63, 3.8) is 0 Å². The first-order valence-corrected chi connectivity index (χ1v) is 4.46. The molecular formula is C10H17N. The van der Waals surface area contributed by atoms with Crippen LogP contribution in [-0.2, 0) is 0 Å². The molecule has 0 radical (unpaired) electrons. The molecule has 0 bridgehead atoms. The third kappa shape index (κ3) is 2.51. The monoisotopic (exact) mass is 151 g/mol. The molecule has 0 saturated heterocycles. The Labute approximate surface area is 69.0 Å². The minimum Gasteiger partial charge on any atom is -0.324 e. The lowest BCUT2D eigenvalue weighted by Gasteiger charge is -2.14. The molecule has 0 spiro atoms. The third-order valence-electron chi connectivity index (χ3n) is 2.05. The van der Waals surface area contributed by atoms with Gasteiger partial charge < -0.3 is 5.73 Å². The molecule has 0 heterocycles. The highest BCUT2D eigenvalue weighted by molar-refractivity contribution is 5.26. The van der Waals surface area contributed by atoms with Crippen LogP contribution in [-0.4, -0.2) is 6.04 Å².